The number of carbonyl (C=O) groups is 2. The highest BCUT2D eigenvalue weighted by Gasteiger charge is 2.15. The van der Waals surface area contributed by atoms with Crippen LogP contribution in [0.5, 0.6) is 0 Å². The van der Waals surface area contributed by atoms with Gasteiger partial charge in [0.2, 0.25) is 5.91 Å². The average molecular weight is 394 g/mol. The van der Waals surface area contributed by atoms with Crippen LogP contribution in [0.1, 0.15) is 22.3 Å². The number of nitrogens with one attached hydrogen (secondary N) is 2. The minimum Gasteiger partial charge on any atom is -0.380 e. The summed E-state index contributed by atoms with van der Waals surface area (Å²) in [6, 6.07) is 10.7. The van der Waals surface area contributed by atoms with Crippen molar-refractivity contribution >= 4 is 29.1 Å². The Bertz CT molecular complexity index is 813. The highest BCUT2D eigenvalue weighted by atomic mass is 35.5. The molecule has 6 nitrogen and oxygen atoms in total. The summed E-state index contributed by atoms with van der Waals surface area (Å²) in [4.78, 5) is 24.4. The van der Waals surface area contributed by atoms with Gasteiger partial charge in [-0.25, -0.2) is 4.39 Å². The number of rotatable bonds is 8. The summed E-state index contributed by atoms with van der Waals surface area (Å²) in [5.41, 5.74) is 6.44. The third kappa shape index (κ3) is 6.02. The molecule has 0 saturated heterocycles. The lowest BCUT2D eigenvalue weighted by atomic mass is 10.1. The van der Waals surface area contributed by atoms with Gasteiger partial charge in [-0.15, -0.1) is 0 Å². The van der Waals surface area contributed by atoms with E-state index in [9.17, 15) is 14.0 Å². The van der Waals surface area contributed by atoms with E-state index in [0.29, 0.717) is 11.3 Å². The van der Waals surface area contributed by atoms with Crippen LogP contribution in [-0.2, 0) is 16.1 Å². The van der Waals surface area contributed by atoms with E-state index < -0.39 is 11.7 Å². The first-order valence-corrected chi connectivity index (χ1v) is 8.66. The Balaban J connectivity index is 2.04. The molecule has 0 spiro atoms. The Morgan fingerprint density at radius 1 is 1.26 bits per heavy atom. The molecule has 1 unspecified atom stereocenters. The van der Waals surface area contributed by atoms with Gasteiger partial charge in [-0.2, -0.15) is 0 Å². The standard InChI is InChI=1S/C19H21ClFN3O3/c1-27-14(10-22)9-18(25)24-13-6-7-16(20)15(8-13)19(26)23-11-12-4-2-3-5-17(12)21/h2-8,14H,9-11,22H2,1H3,(H,23,26)(H,24,25). The summed E-state index contributed by atoms with van der Waals surface area (Å²) in [6.07, 6.45) is -0.300. The number of halogens is 2. The molecule has 2 aromatic rings. The number of methoxy groups -OCH3 is 1. The van der Waals surface area contributed by atoms with E-state index in [1.165, 1.54) is 25.3 Å². The summed E-state index contributed by atoms with van der Waals surface area (Å²) in [6.45, 7) is 0.235. The topological polar surface area (TPSA) is 93.4 Å². The summed E-state index contributed by atoms with van der Waals surface area (Å²) in [5.74, 6) is -1.18. The Kier molecular flexibility index (Phi) is 7.72. The maximum atomic E-state index is 13.6. The molecule has 4 N–H and O–H groups in total. The molecule has 0 saturated carbocycles. The van der Waals surface area contributed by atoms with Crippen LogP contribution in [0, 0.1) is 5.82 Å². The van der Waals surface area contributed by atoms with Crippen LogP contribution < -0.4 is 16.4 Å². The molecule has 2 rings (SSSR count). The predicted octanol–water partition coefficient (Wildman–Crippen LogP) is 2.71. The number of hydrogen-bond donors (Lipinski definition) is 3. The molecule has 0 bridgehead atoms. The van der Waals surface area contributed by atoms with E-state index in [-0.39, 0.29) is 42.1 Å². The molecule has 8 heteroatoms. The van der Waals surface area contributed by atoms with Crippen LogP contribution >= 0.6 is 11.6 Å². The van der Waals surface area contributed by atoms with Crippen molar-refractivity contribution in [1.82, 2.24) is 5.32 Å². The minimum atomic E-state index is -0.476. The van der Waals surface area contributed by atoms with Gasteiger partial charge in [0.1, 0.15) is 5.82 Å². The summed E-state index contributed by atoms with van der Waals surface area (Å²) >= 11 is 6.09. The highest BCUT2D eigenvalue weighted by Crippen LogP contribution is 2.21. The molecule has 0 aliphatic rings. The highest BCUT2D eigenvalue weighted by molar-refractivity contribution is 6.34. The van der Waals surface area contributed by atoms with Gasteiger partial charge in [-0.3, -0.25) is 9.59 Å². The number of ether oxygens (including phenoxy) is 1. The van der Waals surface area contributed by atoms with Gasteiger partial charge < -0.3 is 21.1 Å². The lowest BCUT2D eigenvalue weighted by molar-refractivity contribution is -0.118. The number of nitrogens with two attached hydrogens (primary N) is 1. The number of amides is 2. The fourth-order valence-corrected chi connectivity index (χ4v) is 2.57. The molecular weight excluding hydrogens is 373 g/mol. The Hall–Kier alpha value is -2.48. The summed E-state index contributed by atoms with van der Waals surface area (Å²) in [5, 5.41) is 5.51. The van der Waals surface area contributed by atoms with E-state index in [1.54, 1.807) is 24.3 Å². The first-order chi connectivity index (χ1) is 12.9. The van der Waals surface area contributed by atoms with Crippen LogP contribution in [0.25, 0.3) is 0 Å². The molecule has 0 aliphatic carbocycles. The van der Waals surface area contributed by atoms with Crippen molar-refractivity contribution in [1.29, 1.82) is 0 Å². The van der Waals surface area contributed by atoms with Gasteiger partial charge in [-0.05, 0) is 24.3 Å². The van der Waals surface area contributed by atoms with Crippen molar-refractivity contribution in [2.24, 2.45) is 5.73 Å². The molecule has 1 atom stereocenters. The Labute approximate surface area is 161 Å². The quantitative estimate of drug-likeness (QED) is 0.642. The van der Waals surface area contributed by atoms with Crippen molar-refractivity contribution in [3.05, 3.63) is 64.4 Å². The largest absolute Gasteiger partial charge is 0.380 e. The number of anilines is 1. The molecule has 2 aromatic carbocycles. The molecule has 144 valence electrons. The first kappa shape index (κ1) is 20.8. The van der Waals surface area contributed by atoms with Crippen molar-refractivity contribution in [2.45, 2.75) is 19.1 Å². The maximum absolute atomic E-state index is 13.6. The lowest BCUT2D eigenvalue weighted by Gasteiger charge is -2.13. The zero-order valence-corrected chi connectivity index (χ0v) is 15.6. The van der Waals surface area contributed by atoms with Crippen molar-refractivity contribution < 1.29 is 18.7 Å². The monoisotopic (exact) mass is 393 g/mol. The van der Waals surface area contributed by atoms with Crippen LogP contribution in [0.2, 0.25) is 5.02 Å². The van der Waals surface area contributed by atoms with Crippen LogP contribution in [0.3, 0.4) is 0 Å². The fraction of sp³-hybridized carbons (Fsp3) is 0.263. The van der Waals surface area contributed by atoms with Gasteiger partial charge in [0.05, 0.1) is 23.1 Å². The predicted molar refractivity (Wildman–Crippen MR) is 102 cm³/mol. The number of hydrogen-bond acceptors (Lipinski definition) is 4. The Morgan fingerprint density at radius 2 is 2.00 bits per heavy atom. The van der Waals surface area contributed by atoms with E-state index in [2.05, 4.69) is 10.6 Å². The smallest absolute Gasteiger partial charge is 0.253 e. The molecule has 0 radical (unpaired) electrons. The van der Waals surface area contributed by atoms with Crippen molar-refractivity contribution in [3.8, 4) is 0 Å². The van der Waals surface area contributed by atoms with Gasteiger partial charge >= 0.3 is 0 Å². The third-order valence-electron chi connectivity index (χ3n) is 3.90. The second kappa shape index (κ2) is 10.0. The molecule has 0 heterocycles. The molecule has 0 aromatic heterocycles. The summed E-state index contributed by atoms with van der Waals surface area (Å²) in [7, 11) is 1.48. The van der Waals surface area contributed by atoms with E-state index in [4.69, 9.17) is 22.1 Å². The SMILES string of the molecule is COC(CN)CC(=O)Nc1ccc(Cl)c(C(=O)NCc2ccccc2F)c1. The molecule has 0 fully saturated rings. The summed E-state index contributed by atoms with van der Waals surface area (Å²) < 4.78 is 18.7. The zero-order chi connectivity index (χ0) is 19.8. The minimum absolute atomic E-state index is 0.0183. The lowest BCUT2D eigenvalue weighted by Crippen LogP contribution is -2.28. The molecule has 27 heavy (non-hydrogen) atoms. The fourth-order valence-electron chi connectivity index (χ4n) is 2.37. The van der Waals surface area contributed by atoms with Crippen molar-refractivity contribution in [3.63, 3.8) is 0 Å². The number of benzene rings is 2. The number of carbonyl (C=O) groups excluding carboxylic acids is 2. The maximum Gasteiger partial charge on any atom is 0.253 e. The van der Waals surface area contributed by atoms with Gasteiger partial charge in [-0.1, -0.05) is 29.8 Å². The third-order valence-corrected chi connectivity index (χ3v) is 4.23. The molecule has 2 amide bonds. The average Bonchev–Trinajstić information content (AvgIpc) is 2.66. The van der Waals surface area contributed by atoms with Gasteiger partial charge in [0.25, 0.3) is 5.91 Å². The molecular formula is C19H21ClFN3O3. The van der Waals surface area contributed by atoms with E-state index in [1.807, 2.05) is 0 Å². The van der Waals surface area contributed by atoms with Gasteiger partial charge in [0, 0.05) is 31.5 Å². The van der Waals surface area contributed by atoms with Crippen LogP contribution in [0.15, 0.2) is 42.5 Å². The Morgan fingerprint density at radius 3 is 2.67 bits per heavy atom. The van der Waals surface area contributed by atoms with E-state index >= 15 is 0 Å². The first-order valence-electron chi connectivity index (χ1n) is 8.28. The van der Waals surface area contributed by atoms with Crippen LogP contribution in [-0.4, -0.2) is 31.6 Å². The van der Waals surface area contributed by atoms with Crippen molar-refractivity contribution in [2.75, 3.05) is 19.0 Å². The zero-order valence-electron chi connectivity index (χ0n) is 14.8. The second-order valence-corrected chi connectivity index (χ2v) is 6.22. The van der Waals surface area contributed by atoms with Crippen LogP contribution in [0.4, 0.5) is 10.1 Å². The second-order valence-electron chi connectivity index (χ2n) is 5.81. The van der Waals surface area contributed by atoms with E-state index in [0.717, 1.165) is 0 Å². The normalized spacial score (nSPS) is 11.7. The molecule has 0 aliphatic heterocycles. The van der Waals surface area contributed by atoms with Gasteiger partial charge in [0.15, 0.2) is 0 Å².